The van der Waals surface area contributed by atoms with Crippen molar-refractivity contribution in [3.63, 3.8) is 0 Å². The second-order valence-electron chi connectivity index (χ2n) is 5.96. The Morgan fingerprint density at radius 1 is 1.11 bits per heavy atom. The molecule has 19 heavy (non-hydrogen) atoms. The van der Waals surface area contributed by atoms with Gasteiger partial charge in [-0.25, -0.2) is 4.79 Å². The summed E-state index contributed by atoms with van der Waals surface area (Å²) >= 11 is 0. The number of carboxylic acids is 1. The van der Waals surface area contributed by atoms with E-state index in [4.69, 9.17) is 23.7 Å². The number of rotatable bonds is 1. The highest BCUT2D eigenvalue weighted by Crippen LogP contribution is 2.48. The maximum Gasteiger partial charge on any atom is 0.367 e. The van der Waals surface area contributed by atoms with Gasteiger partial charge < -0.3 is 28.8 Å². The van der Waals surface area contributed by atoms with Crippen molar-refractivity contribution in [1.82, 2.24) is 0 Å². The summed E-state index contributed by atoms with van der Waals surface area (Å²) in [5.41, 5.74) is 0. The van der Waals surface area contributed by atoms with Crippen LogP contribution in [0.3, 0.4) is 0 Å². The zero-order chi connectivity index (χ0) is 14.1. The van der Waals surface area contributed by atoms with Crippen molar-refractivity contribution in [2.24, 2.45) is 0 Å². The minimum absolute atomic E-state index is 0.246. The van der Waals surface area contributed by atoms with Crippen LogP contribution in [0.1, 0.15) is 27.7 Å². The lowest BCUT2D eigenvalue weighted by molar-refractivity contribution is -0.325. The zero-order valence-corrected chi connectivity index (χ0v) is 11.3. The molecule has 3 aliphatic rings. The molecule has 108 valence electrons. The summed E-state index contributed by atoms with van der Waals surface area (Å²) < 4.78 is 28.0. The number of hydrogen-bond donors (Lipinski definition) is 1. The molecule has 0 amide bonds. The number of carbonyl (C=O) groups is 1. The summed E-state index contributed by atoms with van der Waals surface area (Å²) in [7, 11) is 0. The number of aliphatic carboxylic acids is 1. The van der Waals surface area contributed by atoms with Gasteiger partial charge in [0.05, 0.1) is 6.61 Å². The van der Waals surface area contributed by atoms with E-state index in [1.54, 1.807) is 27.7 Å². The largest absolute Gasteiger partial charge is 0.477 e. The van der Waals surface area contributed by atoms with Crippen LogP contribution in [0.4, 0.5) is 0 Å². The van der Waals surface area contributed by atoms with Gasteiger partial charge in [0.1, 0.15) is 12.2 Å². The van der Waals surface area contributed by atoms with Gasteiger partial charge in [-0.15, -0.1) is 0 Å². The monoisotopic (exact) mass is 274 g/mol. The van der Waals surface area contributed by atoms with E-state index in [-0.39, 0.29) is 6.61 Å². The molecule has 0 aromatic carbocycles. The van der Waals surface area contributed by atoms with Crippen molar-refractivity contribution in [3.8, 4) is 0 Å². The fourth-order valence-corrected chi connectivity index (χ4v) is 2.82. The summed E-state index contributed by atoms with van der Waals surface area (Å²) in [6, 6.07) is 0. The summed E-state index contributed by atoms with van der Waals surface area (Å²) in [5, 5.41) is 9.46. The third-order valence-corrected chi connectivity index (χ3v) is 3.49. The van der Waals surface area contributed by atoms with Gasteiger partial charge in [0.15, 0.2) is 17.7 Å². The van der Waals surface area contributed by atoms with Gasteiger partial charge in [-0.2, -0.15) is 0 Å². The highest BCUT2D eigenvalue weighted by Gasteiger charge is 2.71. The zero-order valence-electron chi connectivity index (χ0n) is 11.3. The van der Waals surface area contributed by atoms with Gasteiger partial charge in [0.2, 0.25) is 0 Å². The molecule has 0 saturated carbocycles. The molecule has 0 spiro atoms. The lowest BCUT2D eigenvalue weighted by Gasteiger charge is -2.38. The Bertz CT molecular complexity index is 418. The van der Waals surface area contributed by atoms with Crippen molar-refractivity contribution in [2.75, 3.05) is 6.61 Å². The van der Waals surface area contributed by atoms with Crippen molar-refractivity contribution in [1.29, 1.82) is 0 Å². The van der Waals surface area contributed by atoms with Gasteiger partial charge in [-0.3, -0.25) is 0 Å². The fraction of sp³-hybridized carbons (Fsp3) is 0.917. The van der Waals surface area contributed by atoms with E-state index in [1.807, 2.05) is 0 Å². The molecular formula is C12H18O7. The first kappa shape index (κ1) is 13.3. The van der Waals surface area contributed by atoms with E-state index >= 15 is 0 Å². The fourth-order valence-electron chi connectivity index (χ4n) is 2.82. The third-order valence-electron chi connectivity index (χ3n) is 3.49. The summed E-state index contributed by atoms with van der Waals surface area (Å²) in [6.45, 7) is 7.09. The van der Waals surface area contributed by atoms with E-state index in [9.17, 15) is 9.90 Å². The molecule has 0 radical (unpaired) electrons. The Kier molecular flexibility index (Phi) is 2.57. The standard InChI is InChI=1S/C12H18O7/c1-10(2)15-5-6-7(17-10)8-12(16-6,9(13)14)19-11(3,4)18-8/h6-8H,5H2,1-4H3,(H,13,14)/t6-,7?,8-,12+/m0/s1. The third kappa shape index (κ3) is 1.88. The first-order valence-corrected chi connectivity index (χ1v) is 6.26. The molecule has 0 bridgehead atoms. The van der Waals surface area contributed by atoms with Crippen LogP contribution in [0.5, 0.6) is 0 Å². The van der Waals surface area contributed by atoms with Crippen LogP contribution >= 0.6 is 0 Å². The molecule has 3 aliphatic heterocycles. The summed E-state index contributed by atoms with van der Waals surface area (Å²) in [5.74, 6) is -4.85. The van der Waals surface area contributed by atoms with E-state index in [0.717, 1.165) is 0 Å². The minimum atomic E-state index is -1.82. The van der Waals surface area contributed by atoms with Crippen LogP contribution < -0.4 is 0 Å². The molecule has 0 aliphatic carbocycles. The van der Waals surface area contributed by atoms with Gasteiger partial charge >= 0.3 is 11.8 Å². The lowest BCUT2D eigenvalue weighted by atomic mass is 10.0. The maximum atomic E-state index is 11.6. The van der Waals surface area contributed by atoms with Crippen LogP contribution in [0.2, 0.25) is 0 Å². The van der Waals surface area contributed by atoms with Gasteiger partial charge in [0, 0.05) is 0 Å². The average Bonchev–Trinajstić information content (AvgIpc) is 2.67. The SMILES string of the molecule is CC1(C)OC[C@@H]2O[C@@]3(C(=O)O)OC(C)(C)O[C@H]3C2O1. The molecule has 3 fully saturated rings. The second-order valence-corrected chi connectivity index (χ2v) is 5.96. The normalized spacial score (nSPS) is 46.6. The van der Waals surface area contributed by atoms with Crippen molar-refractivity contribution < 1.29 is 33.6 Å². The van der Waals surface area contributed by atoms with Crippen LogP contribution in [-0.4, -0.2) is 53.4 Å². The Morgan fingerprint density at radius 2 is 1.79 bits per heavy atom. The lowest BCUT2D eigenvalue weighted by Crippen LogP contribution is -2.52. The smallest absolute Gasteiger partial charge is 0.367 e. The molecular weight excluding hydrogens is 256 g/mol. The predicted molar refractivity (Wildman–Crippen MR) is 60.2 cm³/mol. The highest BCUT2D eigenvalue weighted by atomic mass is 16.9. The topological polar surface area (TPSA) is 83.5 Å². The van der Waals surface area contributed by atoms with E-state index < -0.39 is 41.6 Å². The van der Waals surface area contributed by atoms with Gasteiger partial charge in [0.25, 0.3) is 0 Å². The maximum absolute atomic E-state index is 11.6. The van der Waals surface area contributed by atoms with Crippen molar-refractivity contribution >= 4 is 5.97 Å². The molecule has 3 heterocycles. The first-order chi connectivity index (χ1) is 8.65. The van der Waals surface area contributed by atoms with E-state index in [0.29, 0.717) is 0 Å². The number of carboxylic acid groups (broad SMARTS) is 1. The molecule has 3 saturated heterocycles. The number of ether oxygens (including phenoxy) is 5. The van der Waals surface area contributed by atoms with Crippen LogP contribution in [-0.2, 0) is 28.5 Å². The molecule has 1 N–H and O–H groups in total. The van der Waals surface area contributed by atoms with Crippen LogP contribution in [0, 0.1) is 0 Å². The van der Waals surface area contributed by atoms with Crippen LogP contribution in [0.15, 0.2) is 0 Å². The van der Waals surface area contributed by atoms with E-state index in [2.05, 4.69) is 0 Å². The first-order valence-electron chi connectivity index (χ1n) is 6.26. The molecule has 4 atom stereocenters. The molecule has 0 aromatic rings. The predicted octanol–water partition coefficient (Wildman–Crippen LogP) is 0.469. The highest BCUT2D eigenvalue weighted by molar-refractivity contribution is 5.77. The molecule has 3 rings (SSSR count). The summed E-state index contributed by atoms with van der Waals surface area (Å²) in [6.07, 6.45) is -1.85. The molecule has 7 nitrogen and oxygen atoms in total. The summed E-state index contributed by atoms with van der Waals surface area (Å²) in [4.78, 5) is 11.6. The number of hydrogen-bond acceptors (Lipinski definition) is 6. The van der Waals surface area contributed by atoms with E-state index in [1.165, 1.54) is 0 Å². The minimum Gasteiger partial charge on any atom is -0.477 e. The van der Waals surface area contributed by atoms with Crippen molar-refractivity contribution in [3.05, 3.63) is 0 Å². The molecule has 7 heteroatoms. The Hall–Kier alpha value is -0.730. The van der Waals surface area contributed by atoms with Gasteiger partial charge in [-0.1, -0.05) is 0 Å². The Balaban J connectivity index is 1.94. The average molecular weight is 274 g/mol. The number of fused-ring (bicyclic) bond motifs is 3. The quantitative estimate of drug-likeness (QED) is 0.744. The Morgan fingerprint density at radius 3 is 2.42 bits per heavy atom. The Labute approximate surface area is 110 Å². The second kappa shape index (κ2) is 3.67. The van der Waals surface area contributed by atoms with Crippen molar-refractivity contribution in [2.45, 2.75) is 63.4 Å². The molecule has 1 unspecified atom stereocenters. The van der Waals surface area contributed by atoms with Crippen LogP contribution in [0.25, 0.3) is 0 Å². The van der Waals surface area contributed by atoms with Gasteiger partial charge in [-0.05, 0) is 27.7 Å². The molecule has 0 aromatic heterocycles.